The highest BCUT2D eigenvalue weighted by atomic mass is 32.2. The van der Waals surface area contributed by atoms with Gasteiger partial charge in [-0.2, -0.15) is 13.2 Å². The fourth-order valence-corrected chi connectivity index (χ4v) is 2.34. The quantitative estimate of drug-likeness (QED) is 0.902. The third kappa shape index (κ3) is 4.31. The third-order valence-electron chi connectivity index (χ3n) is 2.57. The predicted molar refractivity (Wildman–Crippen MR) is 70.9 cm³/mol. The van der Waals surface area contributed by atoms with E-state index in [2.05, 4.69) is 4.72 Å². The standard InChI is InChI=1S/C13H18F3NOS/c1-9(17-19(18)12(2,3)4)10-7-5-6-8-11(10)13(14,15)16/h5-9,17H,1-4H3/t9?,19-/m1/s1. The van der Waals surface area contributed by atoms with Crippen LogP contribution in [0.15, 0.2) is 24.3 Å². The van der Waals surface area contributed by atoms with Gasteiger partial charge in [-0.1, -0.05) is 18.2 Å². The minimum atomic E-state index is -4.41. The van der Waals surface area contributed by atoms with Gasteiger partial charge < -0.3 is 0 Å². The zero-order valence-corrected chi connectivity index (χ0v) is 12.2. The number of rotatable bonds is 3. The van der Waals surface area contributed by atoms with E-state index in [0.29, 0.717) is 0 Å². The van der Waals surface area contributed by atoms with Gasteiger partial charge in [0.05, 0.1) is 21.3 Å². The van der Waals surface area contributed by atoms with Crippen molar-refractivity contribution in [3.05, 3.63) is 35.4 Å². The van der Waals surface area contributed by atoms with Gasteiger partial charge in [0.25, 0.3) is 0 Å². The van der Waals surface area contributed by atoms with E-state index >= 15 is 0 Å². The topological polar surface area (TPSA) is 29.1 Å². The van der Waals surface area contributed by atoms with Crippen LogP contribution in [0.3, 0.4) is 0 Å². The Morgan fingerprint density at radius 1 is 1.16 bits per heavy atom. The summed E-state index contributed by atoms with van der Waals surface area (Å²) < 4.78 is 52.8. The Labute approximate surface area is 114 Å². The summed E-state index contributed by atoms with van der Waals surface area (Å²) in [7, 11) is -1.42. The van der Waals surface area contributed by atoms with Gasteiger partial charge in [0.15, 0.2) is 0 Å². The highest BCUT2D eigenvalue weighted by Crippen LogP contribution is 2.34. The first-order valence-corrected chi connectivity index (χ1v) is 7.02. The molecule has 0 bridgehead atoms. The van der Waals surface area contributed by atoms with E-state index in [9.17, 15) is 17.4 Å². The first kappa shape index (κ1) is 16.2. The van der Waals surface area contributed by atoms with Crippen molar-refractivity contribution in [3.63, 3.8) is 0 Å². The number of nitrogens with one attached hydrogen (secondary N) is 1. The van der Waals surface area contributed by atoms with Gasteiger partial charge in [0, 0.05) is 6.04 Å². The van der Waals surface area contributed by atoms with Crippen LogP contribution in [0.1, 0.15) is 44.9 Å². The molecule has 2 nitrogen and oxygen atoms in total. The summed E-state index contributed by atoms with van der Waals surface area (Å²) in [6.07, 6.45) is -4.41. The van der Waals surface area contributed by atoms with Gasteiger partial charge >= 0.3 is 6.18 Å². The van der Waals surface area contributed by atoms with Crippen LogP contribution in [-0.2, 0) is 17.2 Å². The van der Waals surface area contributed by atoms with Crippen LogP contribution in [0.4, 0.5) is 13.2 Å². The van der Waals surface area contributed by atoms with Gasteiger partial charge in [0.2, 0.25) is 0 Å². The van der Waals surface area contributed by atoms with E-state index in [0.717, 1.165) is 6.07 Å². The Balaban J connectivity index is 3.01. The van der Waals surface area contributed by atoms with E-state index in [-0.39, 0.29) is 5.56 Å². The van der Waals surface area contributed by atoms with Crippen molar-refractivity contribution >= 4 is 11.0 Å². The average molecular weight is 293 g/mol. The number of hydrogen-bond acceptors (Lipinski definition) is 1. The summed E-state index contributed by atoms with van der Waals surface area (Å²) in [6.45, 7) is 6.86. The van der Waals surface area contributed by atoms with E-state index in [1.54, 1.807) is 33.8 Å². The van der Waals surface area contributed by atoms with Gasteiger partial charge in [0.1, 0.15) is 0 Å². The minimum absolute atomic E-state index is 0.104. The van der Waals surface area contributed by atoms with E-state index < -0.39 is 33.5 Å². The highest BCUT2D eigenvalue weighted by Gasteiger charge is 2.34. The zero-order valence-electron chi connectivity index (χ0n) is 11.3. The fourth-order valence-electron chi connectivity index (χ4n) is 1.53. The molecule has 1 N–H and O–H groups in total. The zero-order chi connectivity index (χ0) is 14.8. The summed E-state index contributed by atoms with van der Waals surface area (Å²) in [5.41, 5.74) is -0.589. The van der Waals surface area contributed by atoms with Gasteiger partial charge in [-0.25, -0.2) is 8.93 Å². The van der Waals surface area contributed by atoms with Gasteiger partial charge in [-0.15, -0.1) is 0 Å². The van der Waals surface area contributed by atoms with E-state index in [4.69, 9.17) is 0 Å². The second kappa shape index (κ2) is 5.63. The molecule has 0 spiro atoms. The first-order chi connectivity index (χ1) is 8.53. The van der Waals surface area contributed by atoms with Gasteiger partial charge in [-0.05, 0) is 39.3 Å². The lowest BCUT2D eigenvalue weighted by Crippen LogP contribution is -2.35. The minimum Gasteiger partial charge on any atom is -0.242 e. The van der Waals surface area contributed by atoms with Crippen LogP contribution in [0, 0.1) is 0 Å². The SMILES string of the molecule is CC(N[S@](=O)C(C)(C)C)c1ccccc1C(F)(F)F. The molecule has 0 saturated carbocycles. The predicted octanol–water partition coefficient (Wildman–Crippen LogP) is 3.82. The lowest BCUT2D eigenvalue weighted by Gasteiger charge is -2.24. The molecule has 0 aliphatic carbocycles. The van der Waals surface area contributed by atoms with Crippen LogP contribution in [0.5, 0.6) is 0 Å². The molecule has 1 aromatic rings. The van der Waals surface area contributed by atoms with Crippen LogP contribution in [0.2, 0.25) is 0 Å². The lowest BCUT2D eigenvalue weighted by molar-refractivity contribution is -0.138. The molecule has 0 saturated heterocycles. The molecular weight excluding hydrogens is 275 g/mol. The van der Waals surface area contributed by atoms with Crippen molar-refractivity contribution in [2.75, 3.05) is 0 Å². The molecule has 0 fully saturated rings. The summed E-state index contributed by atoms with van der Waals surface area (Å²) in [5.74, 6) is 0. The Morgan fingerprint density at radius 2 is 1.68 bits per heavy atom. The number of alkyl halides is 3. The molecule has 19 heavy (non-hydrogen) atoms. The summed E-state index contributed by atoms with van der Waals surface area (Å²) in [6, 6.07) is 4.69. The van der Waals surface area contributed by atoms with E-state index in [1.807, 2.05) is 0 Å². The Hall–Kier alpha value is -0.880. The molecule has 108 valence electrons. The monoisotopic (exact) mass is 293 g/mol. The summed E-state index contributed by atoms with van der Waals surface area (Å²) >= 11 is 0. The largest absolute Gasteiger partial charge is 0.416 e. The van der Waals surface area contributed by atoms with Crippen molar-refractivity contribution in [3.8, 4) is 0 Å². The molecule has 0 heterocycles. The lowest BCUT2D eigenvalue weighted by atomic mass is 10.0. The average Bonchev–Trinajstić information content (AvgIpc) is 2.26. The highest BCUT2D eigenvalue weighted by molar-refractivity contribution is 7.84. The summed E-state index contributed by atoms with van der Waals surface area (Å²) in [4.78, 5) is 0. The number of halogens is 3. The molecule has 6 heteroatoms. The first-order valence-electron chi connectivity index (χ1n) is 5.87. The second-order valence-corrected chi connectivity index (χ2v) is 7.30. The smallest absolute Gasteiger partial charge is 0.242 e. The normalized spacial score (nSPS) is 16.2. The number of hydrogen-bond donors (Lipinski definition) is 1. The molecule has 0 aromatic heterocycles. The van der Waals surface area contributed by atoms with Crippen LogP contribution in [0.25, 0.3) is 0 Å². The van der Waals surface area contributed by atoms with Gasteiger partial charge in [-0.3, -0.25) is 0 Å². The Bertz CT molecular complexity index is 466. The molecule has 1 unspecified atom stereocenters. The molecule has 2 atom stereocenters. The van der Waals surface area contributed by atoms with Crippen molar-refractivity contribution in [1.82, 2.24) is 4.72 Å². The maximum atomic E-state index is 12.9. The van der Waals surface area contributed by atoms with Crippen molar-refractivity contribution in [2.24, 2.45) is 0 Å². The Kier molecular flexibility index (Phi) is 4.79. The van der Waals surface area contributed by atoms with Crippen molar-refractivity contribution in [2.45, 2.75) is 44.7 Å². The molecular formula is C13H18F3NOS. The van der Waals surface area contributed by atoms with E-state index in [1.165, 1.54) is 12.1 Å². The van der Waals surface area contributed by atoms with Crippen LogP contribution in [-0.4, -0.2) is 8.96 Å². The fraction of sp³-hybridized carbons (Fsp3) is 0.538. The molecule has 1 aromatic carbocycles. The third-order valence-corrected chi connectivity index (χ3v) is 4.25. The van der Waals surface area contributed by atoms with Crippen LogP contribution < -0.4 is 4.72 Å². The molecule has 0 aliphatic heterocycles. The molecule has 0 aliphatic rings. The maximum absolute atomic E-state index is 12.9. The van der Waals surface area contributed by atoms with Crippen molar-refractivity contribution in [1.29, 1.82) is 0 Å². The van der Waals surface area contributed by atoms with Crippen molar-refractivity contribution < 1.29 is 17.4 Å². The summed E-state index contributed by atoms with van der Waals surface area (Å²) in [5, 5.41) is 0. The van der Waals surface area contributed by atoms with Crippen LogP contribution >= 0.6 is 0 Å². The molecule has 1 rings (SSSR count). The maximum Gasteiger partial charge on any atom is 0.416 e. The molecule has 0 radical (unpaired) electrons. The number of benzene rings is 1. The Morgan fingerprint density at radius 3 is 2.16 bits per heavy atom. The second-order valence-electron chi connectivity index (χ2n) is 5.31. The molecule has 0 amide bonds.